The van der Waals surface area contributed by atoms with E-state index in [2.05, 4.69) is 20.4 Å². The number of carbonyl (C=O) groups excluding carboxylic acids is 1. The number of rotatable bonds is 3. The molecule has 7 heteroatoms. The molecule has 0 aliphatic heterocycles. The standard InChI is InChI=1S/C14H14N6O/c1-20-8-10(7-15)13(19-20)18-14(21)9-2-3-11-12(6-9)17-5-4-16-11/h2-6,8H,7,15H2,1H3,(H,18,19,21). The minimum absolute atomic E-state index is 0.254. The third-order valence-corrected chi connectivity index (χ3v) is 3.09. The van der Waals surface area contributed by atoms with Gasteiger partial charge in [-0.2, -0.15) is 5.10 Å². The third kappa shape index (κ3) is 2.59. The molecule has 0 bridgehead atoms. The molecule has 7 nitrogen and oxygen atoms in total. The molecule has 0 saturated carbocycles. The second-order valence-electron chi connectivity index (χ2n) is 4.59. The zero-order valence-electron chi connectivity index (χ0n) is 11.4. The predicted octanol–water partition coefficient (Wildman–Crippen LogP) is 1.07. The molecule has 1 aromatic carbocycles. The number of hydrogen-bond acceptors (Lipinski definition) is 5. The second-order valence-corrected chi connectivity index (χ2v) is 4.59. The SMILES string of the molecule is Cn1cc(CN)c(NC(=O)c2ccc3nccnc3c2)n1. The van der Waals surface area contributed by atoms with Gasteiger partial charge in [-0.05, 0) is 18.2 Å². The van der Waals surface area contributed by atoms with Crippen LogP contribution in [0.5, 0.6) is 0 Å². The summed E-state index contributed by atoms with van der Waals surface area (Å²) in [5.41, 5.74) is 8.33. The molecule has 0 radical (unpaired) electrons. The first-order valence-electron chi connectivity index (χ1n) is 6.42. The number of hydrogen-bond donors (Lipinski definition) is 2. The summed E-state index contributed by atoms with van der Waals surface area (Å²) in [6, 6.07) is 5.17. The number of anilines is 1. The van der Waals surface area contributed by atoms with E-state index in [1.165, 1.54) is 0 Å². The topological polar surface area (TPSA) is 98.7 Å². The summed E-state index contributed by atoms with van der Waals surface area (Å²) in [5, 5.41) is 6.95. The van der Waals surface area contributed by atoms with Crippen molar-refractivity contribution >= 4 is 22.8 Å². The van der Waals surface area contributed by atoms with Crippen molar-refractivity contribution in [2.24, 2.45) is 12.8 Å². The van der Waals surface area contributed by atoms with Gasteiger partial charge >= 0.3 is 0 Å². The molecule has 0 aliphatic rings. The summed E-state index contributed by atoms with van der Waals surface area (Å²) in [4.78, 5) is 20.6. The molecule has 1 amide bonds. The Labute approximate surface area is 120 Å². The summed E-state index contributed by atoms with van der Waals surface area (Å²) in [6.07, 6.45) is 4.99. The smallest absolute Gasteiger partial charge is 0.256 e. The van der Waals surface area contributed by atoms with Crippen LogP contribution in [0.3, 0.4) is 0 Å². The van der Waals surface area contributed by atoms with E-state index in [0.29, 0.717) is 23.4 Å². The zero-order chi connectivity index (χ0) is 14.8. The zero-order valence-corrected chi connectivity index (χ0v) is 11.4. The number of amides is 1. The first-order valence-corrected chi connectivity index (χ1v) is 6.42. The van der Waals surface area contributed by atoms with Gasteiger partial charge in [0.25, 0.3) is 5.91 Å². The first-order chi connectivity index (χ1) is 10.2. The van der Waals surface area contributed by atoms with Crippen LogP contribution < -0.4 is 11.1 Å². The number of aryl methyl sites for hydroxylation is 1. The minimum Gasteiger partial charge on any atom is -0.326 e. The van der Waals surface area contributed by atoms with Crippen LogP contribution in [0.4, 0.5) is 5.82 Å². The number of nitrogens with zero attached hydrogens (tertiary/aromatic N) is 4. The molecule has 0 unspecified atom stereocenters. The fourth-order valence-electron chi connectivity index (χ4n) is 2.08. The molecule has 3 N–H and O–H groups in total. The normalized spacial score (nSPS) is 10.8. The van der Waals surface area contributed by atoms with E-state index in [0.717, 1.165) is 11.1 Å². The van der Waals surface area contributed by atoms with Crippen LogP contribution in [0.2, 0.25) is 0 Å². The highest BCUT2D eigenvalue weighted by molar-refractivity contribution is 6.05. The van der Waals surface area contributed by atoms with E-state index < -0.39 is 0 Å². The molecule has 106 valence electrons. The van der Waals surface area contributed by atoms with E-state index in [-0.39, 0.29) is 5.91 Å². The van der Waals surface area contributed by atoms with Crippen molar-refractivity contribution in [3.63, 3.8) is 0 Å². The van der Waals surface area contributed by atoms with Crippen molar-refractivity contribution in [2.45, 2.75) is 6.54 Å². The van der Waals surface area contributed by atoms with Crippen LogP contribution >= 0.6 is 0 Å². The van der Waals surface area contributed by atoms with Gasteiger partial charge < -0.3 is 11.1 Å². The highest BCUT2D eigenvalue weighted by Gasteiger charge is 2.12. The van der Waals surface area contributed by atoms with E-state index >= 15 is 0 Å². The van der Waals surface area contributed by atoms with Crippen LogP contribution in [-0.4, -0.2) is 25.7 Å². The maximum absolute atomic E-state index is 12.3. The number of aromatic nitrogens is 4. The van der Waals surface area contributed by atoms with Crippen LogP contribution in [0.25, 0.3) is 11.0 Å². The van der Waals surface area contributed by atoms with Crippen LogP contribution in [-0.2, 0) is 13.6 Å². The average molecular weight is 282 g/mol. The van der Waals surface area contributed by atoms with E-state index in [1.807, 2.05) is 0 Å². The molecular weight excluding hydrogens is 268 g/mol. The summed E-state index contributed by atoms with van der Waals surface area (Å²) < 4.78 is 1.61. The van der Waals surface area contributed by atoms with Crippen molar-refractivity contribution in [1.82, 2.24) is 19.7 Å². The van der Waals surface area contributed by atoms with E-state index in [1.54, 1.807) is 48.5 Å². The quantitative estimate of drug-likeness (QED) is 0.748. The lowest BCUT2D eigenvalue weighted by Crippen LogP contribution is -2.14. The lowest BCUT2D eigenvalue weighted by molar-refractivity contribution is 0.102. The molecule has 0 spiro atoms. The van der Waals surface area contributed by atoms with Gasteiger partial charge in [0.1, 0.15) is 0 Å². The maximum atomic E-state index is 12.3. The molecule has 0 saturated heterocycles. The van der Waals surface area contributed by atoms with Gasteiger partial charge in [-0.1, -0.05) is 0 Å². The Morgan fingerprint density at radius 2 is 2.05 bits per heavy atom. The molecule has 2 aromatic heterocycles. The Morgan fingerprint density at radius 3 is 2.81 bits per heavy atom. The van der Waals surface area contributed by atoms with Gasteiger partial charge in [0.2, 0.25) is 0 Å². The van der Waals surface area contributed by atoms with Crippen molar-refractivity contribution in [1.29, 1.82) is 0 Å². The molecule has 0 fully saturated rings. The number of carbonyl (C=O) groups is 1. The summed E-state index contributed by atoms with van der Waals surface area (Å²) in [7, 11) is 1.78. The van der Waals surface area contributed by atoms with E-state index in [9.17, 15) is 4.79 Å². The second kappa shape index (κ2) is 5.29. The first kappa shape index (κ1) is 13.2. The fourth-order valence-corrected chi connectivity index (χ4v) is 2.08. The summed E-state index contributed by atoms with van der Waals surface area (Å²) in [6.45, 7) is 0.312. The lowest BCUT2D eigenvalue weighted by atomic mass is 10.2. The van der Waals surface area contributed by atoms with Gasteiger partial charge in [-0.25, -0.2) is 0 Å². The number of benzene rings is 1. The number of nitrogens with one attached hydrogen (secondary N) is 1. The van der Waals surface area contributed by atoms with Crippen LogP contribution in [0.1, 0.15) is 15.9 Å². The largest absolute Gasteiger partial charge is 0.326 e. The Hall–Kier alpha value is -2.80. The monoisotopic (exact) mass is 282 g/mol. The van der Waals surface area contributed by atoms with Gasteiger partial charge in [-0.3, -0.25) is 19.4 Å². The highest BCUT2D eigenvalue weighted by Crippen LogP contribution is 2.15. The van der Waals surface area contributed by atoms with Crippen molar-refractivity contribution in [2.75, 3.05) is 5.32 Å². The van der Waals surface area contributed by atoms with Gasteiger partial charge in [0.05, 0.1) is 11.0 Å². The molecular formula is C14H14N6O. The Morgan fingerprint density at radius 1 is 1.29 bits per heavy atom. The van der Waals surface area contributed by atoms with Gasteiger partial charge in [0.15, 0.2) is 5.82 Å². The lowest BCUT2D eigenvalue weighted by Gasteiger charge is -2.04. The number of fused-ring (bicyclic) bond motifs is 1. The number of nitrogens with two attached hydrogens (primary N) is 1. The van der Waals surface area contributed by atoms with Gasteiger partial charge in [-0.15, -0.1) is 0 Å². The van der Waals surface area contributed by atoms with Crippen molar-refractivity contribution in [3.8, 4) is 0 Å². The third-order valence-electron chi connectivity index (χ3n) is 3.09. The highest BCUT2D eigenvalue weighted by atomic mass is 16.1. The predicted molar refractivity (Wildman–Crippen MR) is 78.6 cm³/mol. The Balaban J connectivity index is 1.89. The van der Waals surface area contributed by atoms with E-state index in [4.69, 9.17) is 5.73 Å². The molecule has 21 heavy (non-hydrogen) atoms. The van der Waals surface area contributed by atoms with Crippen molar-refractivity contribution in [3.05, 3.63) is 47.9 Å². The minimum atomic E-state index is -0.254. The van der Waals surface area contributed by atoms with Gasteiger partial charge in [0, 0.05) is 43.3 Å². The van der Waals surface area contributed by atoms with Crippen molar-refractivity contribution < 1.29 is 4.79 Å². The fraction of sp³-hybridized carbons (Fsp3) is 0.143. The molecule has 2 heterocycles. The summed E-state index contributed by atoms with van der Waals surface area (Å²) in [5.74, 6) is 0.222. The molecule has 0 atom stereocenters. The Kier molecular flexibility index (Phi) is 3.33. The van der Waals surface area contributed by atoms with Crippen LogP contribution in [0, 0.1) is 0 Å². The Bertz CT molecular complexity index is 810. The summed E-state index contributed by atoms with van der Waals surface area (Å²) >= 11 is 0. The maximum Gasteiger partial charge on any atom is 0.256 e. The van der Waals surface area contributed by atoms with Crippen LogP contribution in [0.15, 0.2) is 36.8 Å². The molecule has 0 aliphatic carbocycles. The average Bonchev–Trinajstić information content (AvgIpc) is 2.86. The molecule has 3 aromatic rings. The molecule has 3 rings (SSSR count).